The second-order valence-corrected chi connectivity index (χ2v) is 30.4. The first-order valence-electron chi connectivity index (χ1n) is 34.5. The van der Waals surface area contributed by atoms with Crippen LogP contribution in [0.1, 0.15) is 169 Å². The second-order valence-electron chi connectivity index (χ2n) is 29.3. The largest absolute Gasteiger partial charge is 0.390 e. The highest BCUT2D eigenvalue weighted by atomic mass is 32.2. The summed E-state index contributed by atoms with van der Waals surface area (Å²) in [5.74, 6) is -9.69. The van der Waals surface area contributed by atoms with Gasteiger partial charge in [0.1, 0.15) is 72.2 Å². The highest BCUT2D eigenvalue weighted by molar-refractivity contribution is 7.99. The molecule has 0 aromatic rings. The maximum Gasteiger partial charge on any atom is 0.246 e. The molecule has 550 valence electrons. The SMILES string of the molecule is C/C=C/C[C@@H](C)[C@@H](O)[C@@H]1C(=O)N[C@H](CC)C(=O)N(C)[C@H](CSCCCC(=O)CN(C)C)C(=O)N(C)[C@@H](CC(C)C)C(=O)N[C@H](C(C)C)C(=O)N(C)[C@H](CC(C)C)C(=O)N[C@H](C)C(=O)N[C@@H](C)C(=O)N(C)[C@H](CC(C)C)C(=O)N(C)[C@H](CC(C)C)C(=O)N(C)[C@H](C(C)C)C(=O)N1C. The minimum Gasteiger partial charge on any atom is -0.390 e. The third-order valence-corrected chi connectivity index (χ3v) is 19.0. The molecule has 0 aromatic carbocycles. The molecule has 5 N–H and O–H groups in total. The topological polar surface area (TPSA) is 299 Å². The Balaban J connectivity index is 4.54. The molecule has 1 saturated heterocycles. The molecule has 11 amide bonds. The maximum atomic E-state index is 15.4. The van der Waals surface area contributed by atoms with Crippen LogP contribution in [0.3, 0.4) is 0 Å². The van der Waals surface area contributed by atoms with E-state index in [9.17, 15) is 33.9 Å². The number of nitrogens with zero attached hydrogens (tertiary/aromatic N) is 8. The van der Waals surface area contributed by atoms with Gasteiger partial charge >= 0.3 is 0 Å². The summed E-state index contributed by atoms with van der Waals surface area (Å²) in [6.45, 7) is 30.1. The first-order valence-corrected chi connectivity index (χ1v) is 35.7. The van der Waals surface area contributed by atoms with Crippen LogP contribution >= 0.6 is 11.8 Å². The number of hydrogen-bond donors (Lipinski definition) is 5. The predicted molar refractivity (Wildman–Crippen MR) is 377 cm³/mol. The summed E-state index contributed by atoms with van der Waals surface area (Å²) in [7, 11) is 13.6. The average molecular weight is 1380 g/mol. The zero-order valence-corrected chi connectivity index (χ0v) is 64.1. The van der Waals surface area contributed by atoms with Crippen molar-refractivity contribution in [2.45, 2.75) is 242 Å². The summed E-state index contributed by atoms with van der Waals surface area (Å²) in [4.78, 5) is 187. The Morgan fingerprint density at radius 3 is 1.38 bits per heavy atom. The summed E-state index contributed by atoms with van der Waals surface area (Å²) in [5.41, 5.74) is 0. The quantitative estimate of drug-likeness (QED) is 0.0705. The van der Waals surface area contributed by atoms with Gasteiger partial charge in [-0.05, 0) is 127 Å². The number of hydrogen-bond acceptors (Lipinski definition) is 15. The van der Waals surface area contributed by atoms with Crippen molar-refractivity contribution in [3.05, 3.63) is 12.2 Å². The van der Waals surface area contributed by atoms with Crippen molar-refractivity contribution in [3.63, 3.8) is 0 Å². The van der Waals surface area contributed by atoms with Crippen LogP contribution in [0.5, 0.6) is 0 Å². The molecule has 0 aliphatic carbocycles. The smallest absolute Gasteiger partial charge is 0.246 e. The van der Waals surface area contributed by atoms with E-state index < -0.39 is 155 Å². The van der Waals surface area contributed by atoms with Gasteiger partial charge in [-0.3, -0.25) is 57.5 Å². The lowest BCUT2D eigenvalue weighted by Gasteiger charge is -2.41. The van der Waals surface area contributed by atoms with Gasteiger partial charge in [0, 0.05) is 61.5 Å². The first kappa shape index (κ1) is 87.9. The van der Waals surface area contributed by atoms with E-state index in [2.05, 4.69) is 21.3 Å². The van der Waals surface area contributed by atoms with Crippen LogP contribution in [0.25, 0.3) is 0 Å². The van der Waals surface area contributed by atoms with Gasteiger partial charge in [-0.2, -0.15) is 11.8 Å². The Hall–Kier alpha value is -6.15. The van der Waals surface area contributed by atoms with Gasteiger partial charge in [-0.15, -0.1) is 0 Å². The predicted octanol–water partition coefficient (Wildman–Crippen LogP) is 4.28. The number of carbonyl (C=O) groups excluding carboxylic acids is 12. The van der Waals surface area contributed by atoms with Crippen LogP contribution in [0, 0.1) is 41.4 Å². The third kappa shape index (κ3) is 25.9. The van der Waals surface area contributed by atoms with Crippen LogP contribution in [-0.4, -0.2) is 269 Å². The number of thioether (sulfide) groups is 1. The van der Waals surface area contributed by atoms with Crippen LogP contribution in [0.2, 0.25) is 0 Å². The molecule has 1 aliphatic heterocycles. The Bertz CT molecular complexity index is 2640. The van der Waals surface area contributed by atoms with Gasteiger partial charge in [0.05, 0.1) is 12.6 Å². The molecule has 25 nitrogen and oxygen atoms in total. The minimum atomic E-state index is -1.66. The molecule has 0 radical (unpaired) electrons. The Morgan fingerprint density at radius 1 is 0.500 bits per heavy atom. The van der Waals surface area contributed by atoms with Crippen LogP contribution in [0.15, 0.2) is 12.2 Å². The van der Waals surface area contributed by atoms with Crippen molar-refractivity contribution in [2.75, 3.05) is 81.5 Å². The van der Waals surface area contributed by atoms with Gasteiger partial charge in [0.15, 0.2) is 0 Å². The fourth-order valence-electron chi connectivity index (χ4n) is 12.0. The van der Waals surface area contributed by atoms with Crippen LogP contribution < -0.4 is 21.3 Å². The molecule has 0 spiro atoms. The molecule has 0 unspecified atom stereocenters. The number of likely N-dealkylation sites (N-methyl/N-ethyl adjacent to an activating group) is 8. The highest BCUT2D eigenvalue weighted by Gasteiger charge is 2.46. The van der Waals surface area contributed by atoms with Gasteiger partial charge in [0.25, 0.3) is 0 Å². The van der Waals surface area contributed by atoms with Crippen molar-refractivity contribution < 1.29 is 62.6 Å². The van der Waals surface area contributed by atoms with Crippen molar-refractivity contribution >= 4 is 82.5 Å². The lowest BCUT2D eigenvalue weighted by Crippen LogP contribution is -2.64. The Morgan fingerprint density at radius 2 is 0.917 bits per heavy atom. The van der Waals surface area contributed by atoms with Crippen LogP contribution in [0.4, 0.5) is 0 Å². The number of allylic oxidation sites excluding steroid dienone is 2. The number of aliphatic hydroxyl groups excluding tert-OH is 1. The number of ketones is 1. The van der Waals surface area contributed by atoms with Crippen LogP contribution in [-0.2, 0) is 57.5 Å². The number of Topliss-reactive ketones (excluding diaryl/α,β-unsaturated/α-hetero) is 1. The standard InChI is InChI=1S/C70H126N12O13S/c1-27-29-31-46(15)59(84)58-63(88)73-50(28-2)65(90)80(24)55(39-96-33-30-32-49(83)38-75(18)19)68(93)76(20)52(35-41(5)6)62(87)74-56(44(11)12)69(94)77(21)51(34-40(3)4)61(86)71-47(16)60(85)72-48(17)64(89)78(22)53(36-42(7)8)66(91)79(23)54(37-43(9)10)67(92)81(25)57(45(13)14)70(95)82(58)26/h27,29,40-48,50-59,84H,28,30-39H2,1-26H3,(H,71,86)(H,72,85)(H,73,88)(H,74,87)/b29-27+/t46-,47-,48+,50-,51-,52+,53-,54-,55-,56-,57-,58-,59-/m1/s1. The summed E-state index contributed by atoms with van der Waals surface area (Å²) in [6.07, 6.45) is 3.55. The summed E-state index contributed by atoms with van der Waals surface area (Å²) < 4.78 is 0. The number of aliphatic hydroxyl groups is 1. The van der Waals surface area contributed by atoms with E-state index in [-0.39, 0.29) is 86.7 Å². The normalized spacial score (nSPS) is 26.0. The van der Waals surface area contributed by atoms with E-state index in [4.69, 9.17) is 0 Å². The molecule has 1 aliphatic rings. The molecule has 0 aromatic heterocycles. The number of rotatable bonds is 23. The van der Waals surface area contributed by atoms with Crippen molar-refractivity contribution in [2.24, 2.45) is 41.4 Å². The lowest BCUT2D eigenvalue weighted by atomic mass is 9.91. The lowest BCUT2D eigenvalue weighted by molar-refractivity contribution is -0.157. The number of amides is 11. The Labute approximate surface area is 579 Å². The van der Waals surface area contributed by atoms with E-state index in [1.165, 1.54) is 104 Å². The van der Waals surface area contributed by atoms with Crippen molar-refractivity contribution in [1.29, 1.82) is 0 Å². The monoisotopic (exact) mass is 1370 g/mol. The van der Waals surface area contributed by atoms with Crippen molar-refractivity contribution in [1.82, 2.24) is 60.5 Å². The maximum absolute atomic E-state index is 15.4. The van der Waals surface area contributed by atoms with Gasteiger partial charge in [-0.1, -0.05) is 109 Å². The van der Waals surface area contributed by atoms with Gasteiger partial charge in [0.2, 0.25) is 65.0 Å². The van der Waals surface area contributed by atoms with E-state index in [1.54, 1.807) is 79.6 Å². The number of carbonyl (C=O) groups is 12. The molecule has 1 fully saturated rings. The molecule has 0 saturated carbocycles. The van der Waals surface area contributed by atoms with E-state index >= 15 is 28.8 Å². The van der Waals surface area contributed by atoms with Crippen molar-refractivity contribution in [3.8, 4) is 0 Å². The second kappa shape index (κ2) is 41.3. The summed E-state index contributed by atoms with van der Waals surface area (Å²) in [6, 6.07) is -14.0. The molecule has 26 heteroatoms. The van der Waals surface area contributed by atoms with Gasteiger partial charge in [-0.25, -0.2) is 0 Å². The van der Waals surface area contributed by atoms with E-state index in [0.29, 0.717) is 12.2 Å². The molecule has 0 bridgehead atoms. The zero-order chi connectivity index (χ0) is 74.2. The Kier molecular flexibility index (Phi) is 37.8. The van der Waals surface area contributed by atoms with E-state index in [0.717, 1.165) is 4.90 Å². The molecular weight excluding hydrogens is 1250 g/mol. The van der Waals surface area contributed by atoms with Gasteiger partial charge < -0.3 is 65.6 Å². The number of nitrogens with one attached hydrogen (secondary N) is 4. The molecule has 96 heavy (non-hydrogen) atoms. The fourth-order valence-corrected chi connectivity index (χ4v) is 13.1. The van der Waals surface area contributed by atoms with E-state index in [1.807, 2.05) is 55.4 Å². The minimum absolute atomic E-state index is 0.0102. The highest BCUT2D eigenvalue weighted by Crippen LogP contribution is 2.27. The fraction of sp³-hybridized carbons (Fsp3) is 0.800. The first-order chi connectivity index (χ1) is 44.4. The molecular formula is C70H126N12O13S. The molecule has 1 heterocycles. The average Bonchev–Trinajstić information content (AvgIpc) is 0.809. The summed E-state index contributed by atoms with van der Waals surface area (Å²) in [5, 5.41) is 23.5. The summed E-state index contributed by atoms with van der Waals surface area (Å²) >= 11 is 1.32. The zero-order valence-electron chi connectivity index (χ0n) is 63.2. The third-order valence-electron chi connectivity index (χ3n) is 17.9. The molecule has 13 atom stereocenters. The molecule has 1 rings (SSSR count).